The van der Waals surface area contributed by atoms with Crippen molar-refractivity contribution in [1.82, 2.24) is 20.1 Å². The number of carbonyl (C=O) groups is 1. The van der Waals surface area contributed by atoms with E-state index in [1.54, 1.807) is 18.5 Å². The van der Waals surface area contributed by atoms with Crippen LogP contribution in [0.3, 0.4) is 0 Å². The molecule has 144 valence electrons. The molecule has 0 unspecified atom stereocenters. The Hall–Kier alpha value is -2.70. The summed E-state index contributed by atoms with van der Waals surface area (Å²) in [4.78, 5) is 30.8. The van der Waals surface area contributed by atoms with E-state index < -0.39 is 0 Å². The van der Waals surface area contributed by atoms with Crippen molar-refractivity contribution < 1.29 is 4.79 Å². The molecule has 1 N–H and O–H groups in total. The van der Waals surface area contributed by atoms with E-state index in [9.17, 15) is 9.59 Å². The van der Waals surface area contributed by atoms with Crippen LogP contribution in [0, 0.1) is 0 Å². The van der Waals surface area contributed by atoms with Gasteiger partial charge in [0.15, 0.2) is 0 Å². The second kappa shape index (κ2) is 9.85. The Morgan fingerprint density at radius 3 is 2.74 bits per heavy atom. The van der Waals surface area contributed by atoms with Crippen LogP contribution in [0.15, 0.2) is 41.5 Å². The quantitative estimate of drug-likeness (QED) is 0.718. The van der Waals surface area contributed by atoms with Gasteiger partial charge < -0.3 is 10.2 Å². The van der Waals surface area contributed by atoms with Gasteiger partial charge in [0.25, 0.3) is 5.56 Å². The zero-order chi connectivity index (χ0) is 18.9. The number of nitrogens with one attached hydrogen (secondary N) is 1. The molecule has 1 amide bonds. The van der Waals surface area contributed by atoms with Gasteiger partial charge in [0.1, 0.15) is 6.54 Å². The van der Waals surface area contributed by atoms with Crippen LogP contribution in [0.25, 0.3) is 0 Å². The lowest BCUT2D eigenvalue weighted by Crippen LogP contribution is -2.35. The summed E-state index contributed by atoms with van der Waals surface area (Å²) < 4.78 is 1.22. The van der Waals surface area contributed by atoms with E-state index in [4.69, 9.17) is 0 Å². The number of anilines is 1. The summed E-state index contributed by atoms with van der Waals surface area (Å²) in [5, 5.41) is 7.02. The number of hydrogen-bond donors (Lipinski definition) is 1. The van der Waals surface area contributed by atoms with E-state index in [0.29, 0.717) is 6.54 Å². The highest BCUT2D eigenvalue weighted by molar-refractivity contribution is 5.75. The zero-order valence-electron chi connectivity index (χ0n) is 15.6. The van der Waals surface area contributed by atoms with Gasteiger partial charge in [0, 0.05) is 37.6 Å². The van der Waals surface area contributed by atoms with Gasteiger partial charge in [-0.15, -0.1) is 0 Å². The average molecular weight is 369 g/mol. The van der Waals surface area contributed by atoms with Crippen molar-refractivity contribution in [2.24, 2.45) is 0 Å². The second-order valence-electron chi connectivity index (χ2n) is 6.89. The van der Waals surface area contributed by atoms with E-state index in [0.717, 1.165) is 56.6 Å². The number of unbranched alkanes of at least 4 members (excludes halogenated alkanes) is 1. The highest BCUT2D eigenvalue weighted by atomic mass is 16.2. The predicted molar refractivity (Wildman–Crippen MR) is 105 cm³/mol. The molecule has 1 aliphatic rings. The summed E-state index contributed by atoms with van der Waals surface area (Å²) in [5.41, 5.74) is 1.68. The number of aryl methyl sites for hydroxylation is 1. The predicted octanol–water partition coefficient (Wildman–Crippen LogP) is 1.77. The van der Waals surface area contributed by atoms with Gasteiger partial charge >= 0.3 is 0 Å². The Bertz CT molecular complexity index is 784. The molecule has 7 heteroatoms. The molecule has 1 fully saturated rings. The highest BCUT2D eigenvalue weighted by Crippen LogP contribution is 2.16. The minimum absolute atomic E-state index is 0.0423. The summed E-state index contributed by atoms with van der Waals surface area (Å²) in [7, 11) is 0. The Kier molecular flexibility index (Phi) is 6.96. The largest absolute Gasteiger partial charge is 0.370 e. The lowest BCUT2D eigenvalue weighted by atomic mass is 10.1. The van der Waals surface area contributed by atoms with E-state index in [1.165, 1.54) is 11.1 Å². The number of nitrogens with zero attached hydrogens (tertiary/aromatic N) is 4. The van der Waals surface area contributed by atoms with Crippen LogP contribution in [0.4, 0.5) is 5.69 Å². The van der Waals surface area contributed by atoms with Gasteiger partial charge in [-0.05, 0) is 50.7 Å². The van der Waals surface area contributed by atoms with Crippen molar-refractivity contribution in [2.75, 3.05) is 24.5 Å². The number of aromatic nitrogens is 3. The number of amides is 1. The number of carbonyl (C=O) groups excluding carboxylic acids is 1. The molecule has 2 aromatic rings. The summed E-state index contributed by atoms with van der Waals surface area (Å²) in [6.07, 6.45) is 9.74. The Morgan fingerprint density at radius 1 is 1.15 bits per heavy atom. The van der Waals surface area contributed by atoms with Crippen molar-refractivity contribution in [2.45, 2.75) is 45.1 Å². The highest BCUT2D eigenvalue weighted by Gasteiger charge is 2.13. The minimum atomic E-state index is -0.233. The first-order valence-electron chi connectivity index (χ1n) is 9.71. The van der Waals surface area contributed by atoms with E-state index in [-0.39, 0.29) is 18.0 Å². The number of pyridine rings is 1. The standard InChI is InChI=1S/C20H27N5O2/c26-19(22-11-5-3-9-17-8-2-4-10-21-17)16-25-20(27)14-18(15-23-25)24-12-6-1-7-13-24/h2,4,8,10,14-15H,1,3,5-7,9,11-13,16H2,(H,22,26). The fraction of sp³-hybridized carbons (Fsp3) is 0.500. The first-order chi connectivity index (χ1) is 13.2. The molecule has 1 aliphatic heterocycles. The van der Waals surface area contributed by atoms with Crippen LogP contribution in [0.1, 0.15) is 37.8 Å². The molecular weight excluding hydrogens is 342 g/mol. The first kappa shape index (κ1) is 19.1. The molecule has 0 bridgehead atoms. The van der Waals surface area contributed by atoms with Crippen LogP contribution in [-0.4, -0.2) is 40.3 Å². The van der Waals surface area contributed by atoms with Crippen molar-refractivity contribution in [3.8, 4) is 0 Å². The maximum atomic E-state index is 12.2. The lowest BCUT2D eigenvalue weighted by Gasteiger charge is -2.28. The van der Waals surface area contributed by atoms with Crippen LogP contribution in [0.2, 0.25) is 0 Å². The minimum Gasteiger partial charge on any atom is -0.370 e. The molecule has 0 aromatic carbocycles. The zero-order valence-corrected chi connectivity index (χ0v) is 15.6. The van der Waals surface area contributed by atoms with Crippen LogP contribution in [-0.2, 0) is 17.8 Å². The molecular formula is C20H27N5O2. The van der Waals surface area contributed by atoms with Gasteiger partial charge in [0.2, 0.25) is 5.91 Å². The molecule has 3 heterocycles. The molecule has 3 rings (SSSR count). The summed E-state index contributed by atoms with van der Waals surface area (Å²) in [6.45, 7) is 2.47. The van der Waals surface area contributed by atoms with Crippen LogP contribution < -0.4 is 15.8 Å². The van der Waals surface area contributed by atoms with Gasteiger partial charge in [-0.2, -0.15) is 5.10 Å². The lowest BCUT2D eigenvalue weighted by molar-refractivity contribution is -0.121. The third kappa shape index (κ3) is 5.91. The topological polar surface area (TPSA) is 80.1 Å². The summed E-state index contributed by atoms with van der Waals surface area (Å²) in [5.74, 6) is -0.187. The van der Waals surface area contributed by atoms with Crippen molar-refractivity contribution in [3.05, 3.63) is 52.7 Å². The Morgan fingerprint density at radius 2 is 2.00 bits per heavy atom. The van der Waals surface area contributed by atoms with Gasteiger partial charge in [-0.25, -0.2) is 4.68 Å². The summed E-state index contributed by atoms with van der Waals surface area (Å²) >= 11 is 0. The fourth-order valence-corrected chi connectivity index (χ4v) is 3.26. The smallest absolute Gasteiger partial charge is 0.269 e. The maximum absolute atomic E-state index is 12.2. The monoisotopic (exact) mass is 369 g/mol. The number of piperidine rings is 1. The van der Waals surface area contributed by atoms with Crippen LogP contribution >= 0.6 is 0 Å². The molecule has 0 aliphatic carbocycles. The number of rotatable bonds is 8. The molecule has 0 saturated carbocycles. The van der Waals surface area contributed by atoms with E-state index in [1.807, 2.05) is 18.2 Å². The molecule has 27 heavy (non-hydrogen) atoms. The second-order valence-corrected chi connectivity index (χ2v) is 6.89. The first-order valence-corrected chi connectivity index (χ1v) is 9.71. The van der Waals surface area contributed by atoms with E-state index >= 15 is 0 Å². The molecule has 0 atom stereocenters. The van der Waals surface area contributed by atoms with Gasteiger partial charge in [-0.1, -0.05) is 6.07 Å². The third-order valence-corrected chi connectivity index (χ3v) is 4.78. The maximum Gasteiger partial charge on any atom is 0.269 e. The molecule has 0 spiro atoms. The SMILES string of the molecule is O=C(Cn1ncc(N2CCCCC2)cc1=O)NCCCCc1ccccn1. The van der Waals surface area contributed by atoms with E-state index in [2.05, 4.69) is 20.3 Å². The van der Waals surface area contributed by atoms with Crippen molar-refractivity contribution in [3.63, 3.8) is 0 Å². The molecule has 1 saturated heterocycles. The molecule has 0 radical (unpaired) electrons. The Balaban J connectivity index is 1.40. The van der Waals surface area contributed by atoms with Crippen molar-refractivity contribution >= 4 is 11.6 Å². The average Bonchev–Trinajstić information content (AvgIpc) is 2.71. The molecule has 2 aromatic heterocycles. The van der Waals surface area contributed by atoms with Gasteiger partial charge in [0.05, 0.1) is 11.9 Å². The Labute approximate surface area is 159 Å². The summed E-state index contributed by atoms with van der Waals surface area (Å²) in [6, 6.07) is 7.47. The van der Waals surface area contributed by atoms with Crippen molar-refractivity contribution in [1.29, 1.82) is 0 Å². The number of hydrogen-bond acceptors (Lipinski definition) is 5. The van der Waals surface area contributed by atoms with Crippen LogP contribution in [0.5, 0.6) is 0 Å². The van der Waals surface area contributed by atoms with Gasteiger partial charge in [-0.3, -0.25) is 14.6 Å². The normalized spacial score (nSPS) is 14.1. The molecule has 7 nitrogen and oxygen atoms in total. The fourth-order valence-electron chi connectivity index (χ4n) is 3.26. The third-order valence-electron chi connectivity index (χ3n) is 4.78.